The molecule has 1 aromatic carbocycles. The maximum absolute atomic E-state index is 12.8. The van der Waals surface area contributed by atoms with E-state index in [0.29, 0.717) is 37.1 Å². The lowest BCUT2D eigenvalue weighted by molar-refractivity contribution is -0.137. The van der Waals surface area contributed by atoms with E-state index in [1.807, 2.05) is 21.2 Å². The summed E-state index contributed by atoms with van der Waals surface area (Å²) in [6.45, 7) is 2.40. The fourth-order valence-corrected chi connectivity index (χ4v) is 4.54. The normalized spacial score (nSPS) is 15.3. The number of aryl methyl sites for hydroxylation is 1. The largest absolute Gasteiger partial charge is 0.416 e. The van der Waals surface area contributed by atoms with E-state index in [1.54, 1.807) is 11.3 Å². The predicted octanol–water partition coefficient (Wildman–Crippen LogP) is 5.20. The van der Waals surface area contributed by atoms with Crippen LogP contribution in [-0.2, 0) is 17.4 Å². The third kappa shape index (κ3) is 5.25. The molecule has 0 atom stereocenters. The topological polar surface area (TPSA) is 23.6 Å². The molecule has 1 aliphatic heterocycles. The van der Waals surface area contributed by atoms with Crippen LogP contribution >= 0.6 is 27.3 Å². The Hall–Kier alpha value is -1.54. The summed E-state index contributed by atoms with van der Waals surface area (Å²) in [5, 5.41) is 2.04. The smallest absolute Gasteiger partial charge is 0.367 e. The summed E-state index contributed by atoms with van der Waals surface area (Å²) in [5.74, 6) is 0.151. The maximum atomic E-state index is 12.8. The molecule has 8 heteroatoms. The van der Waals surface area contributed by atoms with Crippen molar-refractivity contribution < 1.29 is 18.0 Å². The SMILES string of the molecule is O=C(CCCc1cccs1)N1CCN(c2ccc(C(F)(F)F)cc2Br)CC1. The van der Waals surface area contributed by atoms with Crippen molar-refractivity contribution in [2.45, 2.75) is 25.4 Å². The Morgan fingerprint density at radius 2 is 1.89 bits per heavy atom. The zero-order chi connectivity index (χ0) is 19.4. The number of anilines is 1. The fourth-order valence-electron chi connectivity index (χ4n) is 3.16. The summed E-state index contributed by atoms with van der Waals surface area (Å²) in [6, 6.07) is 7.79. The van der Waals surface area contributed by atoms with Crippen molar-refractivity contribution in [1.29, 1.82) is 0 Å². The molecule has 3 rings (SSSR count). The highest BCUT2D eigenvalue weighted by Crippen LogP contribution is 2.35. The number of carbonyl (C=O) groups excluding carboxylic acids is 1. The van der Waals surface area contributed by atoms with Gasteiger partial charge in [0.2, 0.25) is 5.91 Å². The lowest BCUT2D eigenvalue weighted by Crippen LogP contribution is -2.48. The van der Waals surface area contributed by atoms with Crippen LogP contribution in [-0.4, -0.2) is 37.0 Å². The molecule has 0 aliphatic carbocycles. The minimum absolute atomic E-state index is 0.151. The molecule has 0 radical (unpaired) electrons. The highest BCUT2D eigenvalue weighted by molar-refractivity contribution is 9.10. The Labute approximate surface area is 168 Å². The van der Waals surface area contributed by atoms with E-state index in [9.17, 15) is 18.0 Å². The van der Waals surface area contributed by atoms with Crippen LogP contribution < -0.4 is 4.90 Å². The predicted molar refractivity (Wildman–Crippen MR) is 105 cm³/mol. The van der Waals surface area contributed by atoms with Crippen LogP contribution in [0.4, 0.5) is 18.9 Å². The second kappa shape index (κ2) is 8.65. The Bertz CT molecular complexity index is 772. The van der Waals surface area contributed by atoms with E-state index in [4.69, 9.17) is 0 Å². The Morgan fingerprint density at radius 1 is 1.15 bits per heavy atom. The number of alkyl halides is 3. The van der Waals surface area contributed by atoms with Gasteiger partial charge in [0.15, 0.2) is 0 Å². The highest BCUT2D eigenvalue weighted by atomic mass is 79.9. The van der Waals surface area contributed by atoms with Gasteiger partial charge in [0.1, 0.15) is 0 Å². The second-order valence-electron chi connectivity index (χ2n) is 6.46. The molecule has 0 bridgehead atoms. The van der Waals surface area contributed by atoms with Crippen LogP contribution in [0.25, 0.3) is 0 Å². The summed E-state index contributed by atoms with van der Waals surface area (Å²) in [6.07, 6.45) is -2.07. The molecule has 1 aliphatic rings. The summed E-state index contributed by atoms with van der Waals surface area (Å²) >= 11 is 4.96. The van der Waals surface area contributed by atoms with Crippen LogP contribution in [0.5, 0.6) is 0 Å². The van der Waals surface area contributed by atoms with Crippen molar-refractivity contribution in [3.05, 3.63) is 50.6 Å². The minimum Gasteiger partial charge on any atom is -0.367 e. The van der Waals surface area contributed by atoms with Crippen molar-refractivity contribution >= 4 is 38.9 Å². The number of halogens is 4. The van der Waals surface area contributed by atoms with Crippen LogP contribution in [0.15, 0.2) is 40.2 Å². The molecule has 1 saturated heterocycles. The summed E-state index contributed by atoms with van der Waals surface area (Å²) in [5.41, 5.74) is 0.0606. The van der Waals surface area contributed by atoms with Crippen LogP contribution in [0.3, 0.4) is 0 Å². The van der Waals surface area contributed by atoms with Crippen molar-refractivity contribution in [3.63, 3.8) is 0 Å². The van der Waals surface area contributed by atoms with Gasteiger partial charge in [0, 0.05) is 41.9 Å². The summed E-state index contributed by atoms with van der Waals surface area (Å²) in [7, 11) is 0. The first-order valence-corrected chi connectivity index (χ1v) is 10.4. The molecule has 146 valence electrons. The number of benzene rings is 1. The van der Waals surface area contributed by atoms with E-state index in [-0.39, 0.29) is 5.91 Å². The maximum Gasteiger partial charge on any atom is 0.416 e. The lowest BCUT2D eigenvalue weighted by Gasteiger charge is -2.36. The monoisotopic (exact) mass is 460 g/mol. The van der Waals surface area contributed by atoms with Crippen LogP contribution in [0.1, 0.15) is 23.3 Å². The zero-order valence-corrected chi connectivity index (χ0v) is 17.0. The van der Waals surface area contributed by atoms with Crippen molar-refractivity contribution in [1.82, 2.24) is 4.90 Å². The van der Waals surface area contributed by atoms with Crippen LogP contribution in [0, 0.1) is 0 Å². The molecule has 1 fully saturated rings. The number of thiophene rings is 1. The van der Waals surface area contributed by atoms with E-state index >= 15 is 0 Å². The number of piperazine rings is 1. The van der Waals surface area contributed by atoms with Crippen molar-refractivity contribution in [3.8, 4) is 0 Å². The van der Waals surface area contributed by atoms with Gasteiger partial charge in [-0.1, -0.05) is 6.07 Å². The number of carbonyl (C=O) groups is 1. The van der Waals surface area contributed by atoms with E-state index < -0.39 is 11.7 Å². The first-order chi connectivity index (χ1) is 12.8. The molecule has 0 unspecified atom stereocenters. The van der Waals surface area contributed by atoms with Gasteiger partial charge in [0.05, 0.1) is 11.3 Å². The molecule has 0 saturated carbocycles. The van der Waals surface area contributed by atoms with Crippen molar-refractivity contribution in [2.24, 2.45) is 0 Å². The lowest BCUT2D eigenvalue weighted by atomic mass is 10.1. The van der Waals surface area contributed by atoms with Gasteiger partial charge in [-0.25, -0.2) is 0 Å². The van der Waals surface area contributed by atoms with E-state index in [0.717, 1.165) is 30.7 Å². The van der Waals surface area contributed by atoms with Crippen LogP contribution in [0.2, 0.25) is 0 Å². The second-order valence-corrected chi connectivity index (χ2v) is 8.35. The average molecular weight is 461 g/mol. The Balaban J connectivity index is 1.50. The number of nitrogens with zero attached hydrogens (tertiary/aromatic N) is 2. The van der Waals surface area contributed by atoms with Crippen molar-refractivity contribution in [2.75, 3.05) is 31.1 Å². The third-order valence-corrected chi connectivity index (χ3v) is 6.21. The van der Waals surface area contributed by atoms with Gasteiger partial charge in [0.25, 0.3) is 0 Å². The third-order valence-electron chi connectivity index (χ3n) is 4.64. The minimum atomic E-state index is -4.35. The van der Waals surface area contributed by atoms with E-state index in [2.05, 4.69) is 22.0 Å². The van der Waals surface area contributed by atoms with E-state index in [1.165, 1.54) is 10.9 Å². The summed E-state index contributed by atoms with van der Waals surface area (Å²) < 4.78 is 38.8. The number of hydrogen-bond donors (Lipinski definition) is 0. The molecule has 2 aromatic rings. The molecular formula is C19H20BrF3N2OS. The number of amides is 1. The molecular weight excluding hydrogens is 441 g/mol. The molecule has 0 N–H and O–H groups in total. The van der Waals surface area contributed by atoms with Gasteiger partial charge < -0.3 is 9.80 Å². The first-order valence-electron chi connectivity index (χ1n) is 8.76. The van der Waals surface area contributed by atoms with Gasteiger partial charge in [-0.3, -0.25) is 4.79 Å². The molecule has 3 nitrogen and oxygen atoms in total. The number of hydrogen-bond acceptors (Lipinski definition) is 3. The molecule has 1 amide bonds. The highest BCUT2D eigenvalue weighted by Gasteiger charge is 2.31. The summed E-state index contributed by atoms with van der Waals surface area (Å²) in [4.78, 5) is 17.5. The number of rotatable bonds is 5. The quantitative estimate of drug-likeness (QED) is 0.611. The Morgan fingerprint density at radius 3 is 2.48 bits per heavy atom. The molecule has 1 aromatic heterocycles. The van der Waals surface area contributed by atoms with Gasteiger partial charge in [-0.05, 0) is 58.4 Å². The molecule has 27 heavy (non-hydrogen) atoms. The van der Waals surface area contributed by atoms with Gasteiger partial charge in [-0.15, -0.1) is 11.3 Å². The van der Waals surface area contributed by atoms with Gasteiger partial charge in [-0.2, -0.15) is 13.2 Å². The van der Waals surface area contributed by atoms with Gasteiger partial charge >= 0.3 is 6.18 Å². The average Bonchev–Trinajstić information content (AvgIpc) is 3.14. The first kappa shape index (κ1) is 20.2. The standard InChI is InChI=1S/C19H20BrF3N2OS/c20-16-13-14(19(21,22)23)6-7-17(16)24-8-10-25(11-9-24)18(26)5-1-3-15-4-2-12-27-15/h2,4,6-7,12-13H,1,3,5,8-11H2. The zero-order valence-electron chi connectivity index (χ0n) is 14.6. The Kier molecular flexibility index (Phi) is 6.47. The molecule has 2 heterocycles. The molecule has 0 spiro atoms. The fraction of sp³-hybridized carbons (Fsp3) is 0.421.